The van der Waals surface area contributed by atoms with Crippen molar-refractivity contribution in [1.29, 1.82) is 0 Å². The Morgan fingerprint density at radius 3 is 2.73 bits per heavy atom. The fraction of sp³-hybridized carbons (Fsp3) is 0.192. The van der Waals surface area contributed by atoms with Gasteiger partial charge >= 0.3 is 0 Å². The van der Waals surface area contributed by atoms with Crippen LogP contribution in [0.25, 0.3) is 11.3 Å². The van der Waals surface area contributed by atoms with E-state index in [9.17, 15) is 9.18 Å². The van der Waals surface area contributed by atoms with Crippen LogP contribution in [-0.4, -0.2) is 15.9 Å². The minimum atomic E-state index is -0.311. The Bertz CT molecular complexity index is 1190. The lowest BCUT2D eigenvalue weighted by Crippen LogP contribution is -2.26. The molecule has 33 heavy (non-hydrogen) atoms. The van der Waals surface area contributed by atoms with Gasteiger partial charge in [0, 0.05) is 24.6 Å². The van der Waals surface area contributed by atoms with Crippen molar-refractivity contribution in [3.63, 3.8) is 0 Å². The maximum atomic E-state index is 13.1. The van der Waals surface area contributed by atoms with E-state index in [0.717, 1.165) is 16.8 Å². The standard InChI is InChI=1S/C26H24FN3O3/c1-18(20-5-4-7-23(15-20)32-17-22-6-2-3-14-28-22)30-25(31)12-13-26-29-16-24(33-26)19-8-10-21(27)11-9-19/h2-11,14-16,18H,12-13,17H2,1H3,(H,30,31). The van der Waals surface area contributed by atoms with Gasteiger partial charge in [-0.2, -0.15) is 0 Å². The first-order valence-corrected chi connectivity index (χ1v) is 10.7. The summed E-state index contributed by atoms with van der Waals surface area (Å²) < 4.78 is 24.6. The predicted molar refractivity (Wildman–Crippen MR) is 122 cm³/mol. The van der Waals surface area contributed by atoms with E-state index in [2.05, 4.69) is 15.3 Å². The molecule has 0 saturated carbocycles. The highest BCUT2D eigenvalue weighted by atomic mass is 19.1. The summed E-state index contributed by atoms with van der Waals surface area (Å²) in [4.78, 5) is 20.9. The van der Waals surface area contributed by atoms with Gasteiger partial charge in [0.25, 0.3) is 0 Å². The van der Waals surface area contributed by atoms with Gasteiger partial charge in [-0.1, -0.05) is 18.2 Å². The van der Waals surface area contributed by atoms with Crippen molar-refractivity contribution >= 4 is 5.91 Å². The third kappa shape index (κ3) is 6.26. The molecule has 1 atom stereocenters. The summed E-state index contributed by atoms with van der Waals surface area (Å²) in [7, 11) is 0. The Kier molecular flexibility index (Phi) is 7.09. The van der Waals surface area contributed by atoms with Crippen LogP contribution in [0.1, 0.15) is 36.5 Å². The number of ether oxygens (including phenoxy) is 1. The smallest absolute Gasteiger partial charge is 0.220 e. The summed E-state index contributed by atoms with van der Waals surface area (Å²) in [5, 5.41) is 2.99. The van der Waals surface area contributed by atoms with Crippen LogP contribution in [0.2, 0.25) is 0 Å². The molecule has 0 aliphatic rings. The molecule has 2 aromatic carbocycles. The predicted octanol–water partition coefficient (Wildman–Crippen LogP) is 5.26. The zero-order valence-electron chi connectivity index (χ0n) is 18.2. The van der Waals surface area contributed by atoms with Crippen LogP contribution in [0, 0.1) is 5.82 Å². The van der Waals surface area contributed by atoms with Crippen molar-refractivity contribution in [3.05, 3.63) is 102 Å². The van der Waals surface area contributed by atoms with Gasteiger partial charge in [0.15, 0.2) is 11.7 Å². The molecule has 0 spiro atoms. The Hall–Kier alpha value is -4.00. The fourth-order valence-electron chi connectivity index (χ4n) is 3.31. The van der Waals surface area contributed by atoms with Crippen LogP contribution in [0.15, 0.2) is 83.5 Å². The van der Waals surface area contributed by atoms with E-state index in [0.29, 0.717) is 30.4 Å². The molecule has 4 rings (SSSR count). The van der Waals surface area contributed by atoms with Crippen molar-refractivity contribution in [2.45, 2.75) is 32.4 Å². The van der Waals surface area contributed by atoms with Crippen molar-refractivity contribution < 1.29 is 18.3 Å². The second-order valence-corrected chi connectivity index (χ2v) is 7.60. The molecule has 1 N–H and O–H groups in total. The summed E-state index contributed by atoms with van der Waals surface area (Å²) >= 11 is 0. The van der Waals surface area contributed by atoms with Gasteiger partial charge < -0.3 is 14.5 Å². The molecule has 0 aliphatic carbocycles. The number of amides is 1. The van der Waals surface area contributed by atoms with Crippen LogP contribution in [0.3, 0.4) is 0 Å². The van der Waals surface area contributed by atoms with Gasteiger partial charge in [-0.3, -0.25) is 9.78 Å². The number of hydrogen-bond acceptors (Lipinski definition) is 5. The summed E-state index contributed by atoms with van der Waals surface area (Å²) in [6, 6.07) is 19.1. The number of nitrogens with zero attached hydrogens (tertiary/aromatic N) is 2. The molecule has 168 valence electrons. The minimum absolute atomic E-state index is 0.108. The number of rotatable bonds is 9. The molecule has 0 radical (unpaired) electrons. The summed E-state index contributed by atoms with van der Waals surface area (Å²) in [5.41, 5.74) is 2.52. The number of benzene rings is 2. The Labute approximate surface area is 191 Å². The van der Waals surface area contributed by atoms with Crippen molar-refractivity contribution in [3.8, 4) is 17.1 Å². The number of nitrogens with one attached hydrogen (secondary N) is 1. The largest absolute Gasteiger partial charge is 0.487 e. The first-order chi connectivity index (χ1) is 16.1. The van der Waals surface area contributed by atoms with E-state index in [1.807, 2.05) is 49.4 Å². The van der Waals surface area contributed by atoms with Gasteiger partial charge in [0.05, 0.1) is 17.9 Å². The summed E-state index contributed by atoms with van der Waals surface area (Å²) in [5.74, 6) is 1.30. The molecule has 0 fully saturated rings. The number of aromatic nitrogens is 2. The molecular weight excluding hydrogens is 421 g/mol. The highest BCUT2D eigenvalue weighted by Crippen LogP contribution is 2.22. The number of pyridine rings is 1. The van der Waals surface area contributed by atoms with Gasteiger partial charge in [0.2, 0.25) is 5.91 Å². The monoisotopic (exact) mass is 445 g/mol. The lowest BCUT2D eigenvalue weighted by atomic mass is 10.1. The Morgan fingerprint density at radius 1 is 1.09 bits per heavy atom. The maximum absolute atomic E-state index is 13.1. The van der Waals surface area contributed by atoms with Crippen LogP contribution in [0.5, 0.6) is 5.75 Å². The number of halogens is 1. The summed E-state index contributed by atoms with van der Waals surface area (Å²) in [6.45, 7) is 2.30. The zero-order valence-corrected chi connectivity index (χ0v) is 18.2. The number of carbonyl (C=O) groups is 1. The van der Waals surface area contributed by atoms with Gasteiger partial charge in [0.1, 0.15) is 18.2 Å². The Morgan fingerprint density at radius 2 is 1.94 bits per heavy atom. The molecule has 1 amide bonds. The van der Waals surface area contributed by atoms with Crippen molar-refractivity contribution in [2.75, 3.05) is 0 Å². The lowest BCUT2D eigenvalue weighted by Gasteiger charge is -2.15. The molecule has 0 saturated heterocycles. The number of hydrogen-bond donors (Lipinski definition) is 1. The van der Waals surface area contributed by atoms with Crippen LogP contribution >= 0.6 is 0 Å². The van der Waals surface area contributed by atoms with E-state index < -0.39 is 0 Å². The number of oxazole rings is 1. The quantitative estimate of drug-likeness (QED) is 0.380. The molecule has 0 bridgehead atoms. The third-order valence-corrected chi connectivity index (χ3v) is 5.10. The summed E-state index contributed by atoms with van der Waals surface area (Å²) in [6.07, 6.45) is 3.92. The highest BCUT2D eigenvalue weighted by molar-refractivity contribution is 5.76. The van der Waals surface area contributed by atoms with E-state index >= 15 is 0 Å². The normalized spacial score (nSPS) is 11.7. The van der Waals surface area contributed by atoms with E-state index in [-0.39, 0.29) is 24.2 Å². The Balaban J connectivity index is 1.28. The number of aryl methyl sites for hydroxylation is 1. The van der Waals surface area contributed by atoms with E-state index in [1.165, 1.54) is 12.1 Å². The van der Waals surface area contributed by atoms with Crippen molar-refractivity contribution in [1.82, 2.24) is 15.3 Å². The van der Waals surface area contributed by atoms with Gasteiger partial charge in [-0.15, -0.1) is 0 Å². The van der Waals surface area contributed by atoms with E-state index in [4.69, 9.17) is 9.15 Å². The zero-order chi connectivity index (χ0) is 23.0. The second-order valence-electron chi connectivity index (χ2n) is 7.60. The lowest BCUT2D eigenvalue weighted by molar-refractivity contribution is -0.121. The molecule has 2 heterocycles. The van der Waals surface area contributed by atoms with Crippen LogP contribution in [0.4, 0.5) is 4.39 Å². The first-order valence-electron chi connectivity index (χ1n) is 10.7. The molecule has 4 aromatic rings. The third-order valence-electron chi connectivity index (χ3n) is 5.10. The average Bonchev–Trinajstić information content (AvgIpc) is 3.32. The van der Waals surface area contributed by atoms with E-state index in [1.54, 1.807) is 24.5 Å². The van der Waals surface area contributed by atoms with Gasteiger partial charge in [-0.25, -0.2) is 9.37 Å². The molecule has 0 aliphatic heterocycles. The molecule has 6 nitrogen and oxygen atoms in total. The second kappa shape index (κ2) is 10.5. The molecule has 7 heteroatoms. The molecular formula is C26H24FN3O3. The fourth-order valence-corrected chi connectivity index (χ4v) is 3.31. The molecule has 2 aromatic heterocycles. The minimum Gasteiger partial charge on any atom is -0.487 e. The van der Waals surface area contributed by atoms with Crippen LogP contribution < -0.4 is 10.1 Å². The number of carbonyl (C=O) groups excluding carboxylic acids is 1. The first kappa shape index (κ1) is 22.2. The highest BCUT2D eigenvalue weighted by Gasteiger charge is 2.13. The van der Waals surface area contributed by atoms with Crippen LogP contribution in [-0.2, 0) is 17.8 Å². The van der Waals surface area contributed by atoms with Crippen molar-refractivity contribution in [2.24, 2.45) is 0 Å². The van der Waals surface area contributed by atoms with Gasteiger partial charge in [-0.05, 0) is 61.0 Å². The average molecular weight is 445 g/mol. The molecule has 1 unspecified atom stereocenters. The SMILES string of the molecule is CC(NC(=O)CCc1ncc(-c2ccc(F)cc2)o1)c1cccc(OCc2ccccn2)c1. The topological polar surface area (TPSA) is 77.2 Å². The maximum Gasteiger partial charge on any atom is 0.220 e.